The lowest BCUT2D eigenvalue weighted by Gasteiger charge is -2.05. The maximum absolute atomic E-state index is 11.1. The van der Waals surface area contributed by atoms with E-state index < -0.39 is 0 Å². The molecule has 0 spiro atoms. The molecule has 0 unspecified atom stereocenters. The summed E-state index contributed by atoms with van der Waals surface area (Å²) in [7, 11) is 0. The van der Waals surface area contributed by atoms with Crippen LogP contribution in [-0.2, 0) is 14.3 Å². The van der Waals surface area contributed by atoms with E-state index in [1.165, 1.54) is 0 Å². The molecule has 16 heavy (non-hydrogen) atoms. The SMILES string of the molecule is O=C(CCCCl)NCCOC(=O)CCCCl. The van der Waals surface area contributed by atoms with E-state index in [4.69, 9.17) is 27.9 Å². The van der Waals surface area contributed by atoms with Gasteiger partial charge in [0.1, 0.15) is 6.61 Å². The Morgan fingerprint density at radius 1 is 1.06 bits per heavy atom. The minimum atomic E-state index is -0.282. The number of carbonyl (C=O) groups excluding carboxylic acids is 2. The second-order valence-corrected chi connectivity index (χ2v) is 3.91. The molecule has 94 valence electrons. The topological polar surface area (TPSA) is 55.4 Å². The Morgan fingerprint density at radius 3 is 2.31 bits per heavy atom. The van der Waals surface area contributed by atoms with Gasteiger partial charge in [-0.1, -0.05) is 0 Å². The van der Waals surface area contributed by atoms with Gasteiger partial charge in [-0.05, 0) is 12.8 Å². The van der Waals surface area contributed by atoms with Crippen molar-refractivity contribution in [2.45, 2.75) is 25.7 Å². The number of amides is 1. The summed E-state index contributed by atoms with van der Waals surface area (Å²) < 4.78 is 4.86. The van der Waals surface area contributed by atoms with Crippen molar-refractivity contribution in [3.63, 3.8) is 0 Å². The summed E-state index contributed by atoms with van der Waals surface area (Å²) in [5.74, 6) is 0.568. The number of alkyl halides is 2. The van der Waals surface area contributed by atoms with Gasteiger partial charge < -0.3 is 10.1 Å². The third-order valence-electron chi connectivity index (χ3n) is 1.74. The fraction of sp³-hybridized carbons (Fsp3) is 0.800. The molecular formula is C10H17Cl2NO3. The van der Waals surface area contributed by atoms with Crippen LogP contribution >= 0.6 is 23.2 Å². The highest BCUT2D eigenvalue weighted by Crippen LogP contribution is 1.94. The zero-order valence-electron chi connectivity index (χ0n) is 9.14. The van der Waals surface area contributed by atoms with E-state index in [-0.39, 0.29) is 18.5 Å². The number of hydrogen-bond donors (Lipinski definition) is 1. The molecule has 0 saturated heterocycles. The Kier molecular flexibility index (Phi) is 10.7. The molecule has 0 rings (SSSR count). The zero-order chi connectivity index (χ0) is 12.2. The average Bonchev–Trinajstić information content (AvgIpc) is 2.29. The van der Waals surface area contributed by atoms with E-state index in [2.05, 4.69) is 5.32 Å². The van der Waals surface area contributed by atoms with Crippen LogP contribution in [0.3, 0.4) is 0 Å². The van der Waals surface area contributed by atoms with Crippen LogP contribution in [0.15, 0.2) is 0 Å². The molecule has 4 nitrogen and oxygen atoms in total. The van der Waals surface area contributed by atoms with Crippen molar-refractivity contribution in [3.8, 4) is 0 Å². The minimum absolute atomic E-state index is 0.0718. The third-order valence-corrected chi connectivity index (χ3v) is 2.27. The molecular weight excluding hydrogens is 253 g/mol. The van der Waals surface area contributed by atoms with Crippen LogP contribution in [0, 0.1) is 0 Å². The summed E-state index contributed by atoms with van der Waals surface area (Å²) in [4.78, 5) is 22.1. The molecule has 0 aromatic carbocycles. The lowest BCUT2D eigenvalue weighted by molar-refractivity contribution is -0.143. The number of esters is 1. The number of halogens is 2. The Balaban J connectivity index is 3.31. The normalized spacial score (nSPS) is 9.88. The number of rotatable bonds is 9. The molecule has 0 atom stereocenters. The molecule has 6 heteroatoms. The molecule has 1 N–H and O–H groups in total. The maximum atomic E-state index is 11.1. The molecule has 0 bridgehead atoms. The largest absolute Gasteiger partial charge is 0.464 e. The summed E-state index contributed by atoms with van der Waals surface area (Å²) in [6, 6.07) is 0. The Bertz CT molecular complexity index is 190. The van der Waals surface area contributed by atoms with Crippen molar-refractivity contribution >= 4 is 35.1 Å². The molecule has 0 heterocycles. The van der Waals surface area contributed by atoms with Crippen molar-refractivity contribution in [2.75, 3.05) is 24.9 Å². The van der Waals surface area contributed by atoms with Crippen molar-refractivity contribution in [1.29, 1.82) is 0 Å². The van der Waals surface area contributed by atoms with E-state index in [9.17, 15) is 9.59 Å². The number of hydrogen-bond acceptors (Lipinski definition) is 3. The Morgan fingerprint density at radius 2 is 1.69 bits per heavy atom. The Labute approximate surface area is 106 Å². The number of ether oxygens (including phenoxy) is 1. The fourth-order valence-corrected chi connectivity index (χ4v) is 1.22. The minimum Gasteiger partial charge on any atom is -0.464 e. The van der Waals surface area contributed by atoms with E-state index in [1.807, 2.05) is 0 Å². The number of nitrogens with one attached hydrogen (secondary N) is 1. The molecule has 0 aromatic heterocycles. The highest BCUT2D eigenvalue weighted by Gasteiger charge is 2.03. The lowest BCUT2D eigenvalue weighted by Crippen LogP contribution is -2.27. The fourth-order valence-electron chi connectivity index (χ4n) is 0.954. The van der Waals surface area contributed by atoms with E-state index >= 15 is 0 Å². The van der Waals surface area contributed by atoms with Gasteiger partial charge in [-0.3, -0.25) is 9.59 Å². The van der Waals surface area contributed by atoms with Gasteiger partial charge in [-0.2, -0.15) is 0 Å². The van der Waals surface area contributed by atoms with Gasteiger partial charge in [-0.25, -0.2) is 0 Å². The summed E-state index contributed by atoms with van der Waals surface area (Å²) in [6.45, 7) is 0.543. The molecule has 1 amide bonds. The molecule has 0 aliphatic heterocycles. The van der Waals surface area contributed by atoms with E-state index in [0.29, 0.717) is 44.0 Å². The van der Waals surface area contributed by atoms with Gasteiger partial charge in [0.15, 0.2) is 0 Å². The lowest BCUT2D eigenvalue weighted by atomic mass is 10.3. The summed E-state index contributed by atoms with van der Waals surface area (Å²) in [5.41, 5.74) is 0. The highest BCUT2D eigenvalue weighted by atomic mass is 35.5. The van der Waals surface area contributed by atoms with Gasteiger partial charge >= 0.3 is 5.97 Å². The van der Waals surface area contributed by atoms with Gasteiger partial charge in [-0.15, -0.1) is 23.2 Å². The summed E-state index contributed by atoms with van der Waals surface area (Å²) >= 11 is 10.9. The summed E-state index contributed by atoms with van der Waals surface area (Å²) in [6.07, 6.45) is 2.00. The van der Waals surface area contributed by atoms with Crippen molar-refractivity contribution in [3.05, 3.63) is 0 Å². The van der Waals surface area contributed by atoms with Crippen LogP contribution in [0.25, 0.3) is 0 Å². The first-order valence-corrected chi connectivity index (χ1v) is 6.32. The van der Waals surface area contributed by atoms with Crippen LogP contribution in [0.5, 0.6) is 0 Å². The maximum Gasteiger partial charge on any atom is 0.305 e. The van der Waals surface area contributed by atoms with Crippen molar-refractivity contribution < 1.29 is 14.3 Å². The van der Waals surface area contributed by atoms with Crippen LogP contribution in [0.1, 0.15) is 25.7 Å². The van der Waals surface area contributed by atoms with Crippen LogP contribution in [0.2, 0.25) is 0 Å². The van der Waals surface area contributed by atoms with E-state index in [0.717, 1.165) is 0 Å². The summed E-state index contributed by atoms with van der Waals surface area (Å²) in [5, 5.41) is 2.63. The van der Waals surface area contributed by atoms with Crippen molar-refractivity contribution in [2.24, 2.45) is 0 Å². The second-order valence-electron chi connectivity index (χ2n) is 3.16. The standard InChI is InChI=1S/C10H17Cl2NO3/c11-5-1-3-9(14)13-7-8-16-10(15)4-2-6-12/h1-8H2,(H,13,14). The molecule has 0 aliphatic carbocycles. The third kappa shape index (κ3) is 10.1. The highest BCUT2D eigenvalue weighted by molar-refractivity contribution is 6.18. The first-order valence-electron chi connectivity index (χ1n) is 5.25. The zero-order valence-corrected chi connectivity index (χ0v) is 10.6. The van der Waals surface area contributed by atoms with Gasteiger partial charge in [0.2, 0.25) is 5.91 Å². The molecule has 0 aromatic rings. The van der Waals surface area contributed by atoms with Crippen LogP contribution in [-0.4, -0.2) is 36.8 Å². The van der Waals surface area contributed by atoms with Gasteiger partial charge in [0, 0.05) is 24.6 Å². The predicted molar refractivity (Wildman–Crippen MR) is 63.9 cm³/mol. The van der Waals surface area contributed by atoms with Crippen LogP contribution < -0.4 is 5.32 Å². The second kappa shape index (κ2) is 11.0. The molecule has 0 radical (unpaired) electrons. The molecule has 0 aliphatic rings. The van der Waals surface area contributed by atoms with E-state index in [1.54, 1.807) is 0 Å². The average molecular weight is 270 g/mol. The Hall–Kier alpha value is -0.480. The molecule has 0 saturated carbocycles. The number of carbonyl (C=O) groups is 2. The van der Waals surface area contributed by atoms with Crippen molar-refractivity contribution in [1.82, 2.24) is 5.32 Å². The first-order chi connectivity index (χ1) is 7.70. The smallest absolute Gasteiger partial charge is 0.305 e. The first kappa shape index (κ1) is 15.5. The van der Waals surface area contributed by atoms with Gasteiger partial charge in [0.05, 0.1) is 6.54 Å². The van der Waals surface area contributed by atoms with Crippen LogP contribution in [0.4, 0.5) is 0 Å². The monoisotopic (exact) mass is 269 g/mol. The predicted octanol–water partition coefficient (Wildman–Crippen LogP) is 1.68. The molecule has 0 fully saturated rings. The quantitative estimate of drug-likeness (QED) is 0.394. The van der Waals surface area contributed by atoms with Gasteiger partial charge in [0.25, 0.3) is 0 Å².